The molecule has 49 heavy (non-hydrogen) atoms. The lowest BCUT2D eigenvalue weighted by Crippen LogP contribution is -2.63. The molecule has 0 unspecified atom stereocenters. The SMILES string of the molecule is C[C@H]1C[C@@H](N2C(=O)C[C@@](C)(c3cccc(NC(=O)OCc4ccccc4)c3Cl)N/C2=N\C(=O)OC(C)(C)C)CC[C@H]1O[Si](C)(C)C(C)(C)C. The van der Waals surface area contributed by atoms with Gasteiger partial charge in [0.15, 0.2) is 8.32 Å². The summed E-state index contributed by atoms with van der Waals surface area (Å²) < 4.78 is 17.7. The van der Waals surface area contributed by atoms with Crippen molar-refractivity contribution in [3.05, 3.63) is 64.7 Å². The topological polar surface area (TPSA) is 119 Å². The maximum atomic E-state index is 14.2. The number of nitrogens with zero attached hydrogens (tertiary/aromatic N) is 2. The lowest BCUT2D eigenvalue weighted by atomic mass is 9.81. The molecule has 0 radical (unpaired) electrons. The van der Waals surface area contributed by atoms with Gasteiger partial charge in [-0.25, -0.2) is 9.59 Å². The zero-order valence-corrected chi connectivity index (χ0v) is 32.4. The van der Waals surface area contributed by atoms with E-state index >= 15 is 0 Å². The summed E-state index contributed by atoms with van der Waals surface area (Å²) >= 11 is 6.91. The molecule has 1 heterocycles. The van der Waals surface area contributed by atoms with E-state index in [4.69, 9.17) is 25.5 Å². The first kappa shape index (κ1) is 38.4. The second-order valence-electron chi connectivity index (χ2n) is 16.0. The Labute approximate surface area is 297 Å². The van der Waals surface area contributed by atoms with Crippen molar-refractivity contribution in [2.24, 2.45) is 10.9 Å². The summed E-state index contributed by atoms with van der Waals surface area (Å²) in [6, 6.07) is 14.4. The first-order valence-corrected chi connectivity index (χ1v) is 20.3. The minimum atomic E-state index is -1.99. The third-order valence-corrected chi connectivity index (χ3v) is 14.6. The Morgan fingerprint density at radius 3 is 2.35 bits per heavy atom. The Balaban J connectivity index is 1.58. The number of rotatable bonds is 7. The monoisotopic (exact) mass is 712 g/mol. The van der Waals surface area contributed by atoms with Crippen LogP contribution >= 0.6 is 11.6 Å². The number of anilines is 1. The number of ether oxygens (including phenoxy) is 2. The minimum Gasteiger partial charge on any atom is -0.444 e. The van der Waals surface area contributed by atoms with Crippen molar-refractivity contribution in [1.82, 2.24) is 10.2 Å². The number of guanidine groups is 1. The molecule has 0 aromatic heterocycles. The molecule has 2 aromatic rings. The minimum absolute atomic E-state index is 0.0384. The number of amides is 3. The Kier molecular flexibility index (Phi) is 11.6. The molecular weight excluding hydrogens is 660 g/mol. The molecular formula is C37H53ClN4O6Si. The number of carbonyl (C=O) groups is 3. The first-order chi connectivity index (χ1) is 22.7. The van der Waals surface area contributed by atoms with Crippen molar-refractivity contribution in [3.63, 3.8) is 0 Å². The van der Waals surface area contributed by atoms with E-state index in [1.54, 1.807) is 43.9 Å². The van der Waals surface area contributed by atoms with E-state index in [9.17, 15) is 14.4 Å². The van der Waals surface area contributed by atoms with E-state index < -0.39 is 31.6 Å². The quantitative estimate of drug-likeness (QED) is 0.275. The van der Waals surface area contributed by atoms with Crippen LogP contribution in [0.2, 0.25) is 23.2 Å². The highest BCUT2D eigenvalue weighted by atomic mass is 35.5. The van der Waals surface area contributed by atoms with Gasteiger partial charge in [0.1, 0.15) is 12.2 Å². The zero-order valence-electron chi connectivity index (χ0n) is 30.6. The van der Waals surface area contributed by atoms with E-state index in [1.807, 2.05) is 37.3 Å². The number of hydrogen-bond acceptors (Lipinski definition) is 6. The third kappa shape index (κ3) is 9.64. The third-order valence-electron chi connectivity index (χ3n) is 9.70. The predicted octanol–water partition coefficient (Wildman–Crippen LogP) is 9.00. The Hall–Kier alpha value is -3.41. The van der Waals surface area contributed by atoms with Crippen LogP contribution < -0.4 is 10.6 Å². The molecule has 2 fully saturated rings. The van der Waals surface area contributed by atoms with Crippen LogP contribution in [0.15, 0.2) is 53.5 Å². The molecule has 2 aromatic carbocycles. The highest BCUT2D eigenvalue weighted by molar-refractivity contribution is 6.74. The van der Waals surface area contributed by atoms with Crippen LogP contribution in [-0.4, -0.2) is 55.0 Å². The van der Waals surface area contributed by atoms with Gasteiger partial charge in [-0.1, -0.05) is 81.8 Å². The smallest absolute Gasteiger partial charge is 0.437 e. The van der Waals surface area contributed by atoms with Gasteiger partial charge in [0, 0.05) is 12.1 Å². The van der Waals surface area contributed by atoms with Gasteiger partial charge in [0.25, 0.3) is 0 Å². The van der Waals surface area contributed by atoms with Crippen LogP contribution in [0.3, 0.4) is 0 Å². The van der Waals surface area contributed by atoms with E-state index in [2.05, 4.69) is 56.4 Å². The van der Waals surface area contributed by atoms with Gasteiger partial charge in [0.05, 0.1) is 22.7 Å². The number of benzene rings is 2. The van der Waals surface area contributed by atoms with Crippen LogP contribution in [0.1, 0.15) is 92.2 Å². The number of aliphatic imine (C=N–C) groups is 1. The molecule has 1 saturated heterocycles. The van der Waals surface area contributed by atoms with Crippen molar-refractivity contribution in [2.45, 2.75) is 129 Å². The van der Waals surface area contributed by atoms with E-state index in [0.717, 1.165) is 12.0 Å². The highest BCUT2D eigenvalue weighted by Gasteiger charge is 2.47. The van der Waals surface area contributed by atoms with E-state index in [-0.39, 0.29) is 53.0 Å². The van der Waals surface area contributed by atoms with Crippen LogP contribution in [0, 0.1) is 5.92 Å². The standard InChI is InChI=1S/C37H53ClN4O6Si/c1-24-21-26(19-20-29(24)48-49(9,10)36(5,6)7)42-30(43)22-37(8,41-32(42)40-34(45)47-35(2,3)4)27-17-14-18-28(31(27)38)39-33(44)46-23-25-15-12-11-13-16-25/h11-18,24,26,29H,19-23H2,1-10H3,(H,39,44)(H,40,41,45)/t24-,26-,29+,37-/m0/s1. The number of nitrogens with one attached hydrogen (secondary N) is 2. The molecule has 10 nitrogen and oxygen atoms in total. The number of hydrogen-bond donors (Lipinski definition) is 2. The van der Waals surface area contributed by atoms with Gasteiger partial charge in [-0.15, -0.1) is 4.99 Å². The van der Waals surface area contributed by atoms with Crippen LogP contribution in [0.25, 0.3) is 0 Å². The van der Waals surface area contributed by atoms with Crippen molar-refractivity contribution >= 4 is 49.7 Å². The largest absolute Gasteiger partial charge is 0.444 e. The lowest BCUT2D eigenvalue weighted by Gasteiger charge is -2.48. The summed E-state index contributed by atoms with van der Waals surface area (Å²) in [6.07, 6.45) is 0.850. The van der Waals surface area contributed by atoms with Gasteiger partial charge < -0.3 is 19.2 Å². The Morgan fingerprint density at radius 1 is 1.06 bits per heavy atom. The Morgan fingerprint density at radius 2 is 1.73 bits per heavy atom. The normalized spacial score (nSPS) is 24.3. The molecule has 1 aliphatic carbocycles. The van der Waals surface area contributed by atoms with Crippen LogP contribution in [0.5, 0.6) is 0 Å². The van der Waals surface area contributed by atoms with Crippen molar-refractivity contribution in [1.29, 1.82) is 0 Å². The molecule has 4 atom stereocenters. The summed E-state index contributed by atoms with van der Waals surface area (Å²) in [5.41, 5.74) is -0.109. The molecule has 1 aliphatic heterocycles. The van der Waals surface area contributed by atoms with Crippen molar-refractivity contribution < 1.29 is 28.3 Å². The summed E-state index contributed by atoms with van der Waals surface area (Å²) in [6.45, 7) is 20.6. The van der Waals surface area contributed by atoms with Crippen molar-refractivity contribution in [3.8, 4) is 0 Å². The maximum absolute atomic E-state index is 14.2. The first-order valence-electron chi connectivity index (χ1n) is 17.1. The van der Waals surface area contributed by atoms with Crippen LogP contribution in [0.4, 0.5) is 15.3 Å². The zero-order chi connectivity index (χ0) is 36.4. The molecule has 1 saturated carbocycles. The summed E-state index contributed by atoms with van der Waals surface area (Å²) in [4.78, 5) is 45.9. The van der Waals surface area contributed by atoms with E-state index in [1.165, 1.54) is 0 Å². The van der Waals surface area contributed by atoms with Crippen molar-refractivity contribution in [2.75, 3.05) is 5.32 Å². The lowest BCUT2D eigenvalue weighted by molar-refractivity contribution is -0.133. The average molecular weight is 713 g/mol. The molecule has 268 valence electrons. The summed E-state index contributed by atoms with van der Waals surface area (Å²) in [7, 11) is -1.99. The summed E-state index contributed by atoms with van der Waals surface area (Å²) in [5, 5.41) is 6.44. The molecule has 2 N–H and O–H groups in total. The molecule has 4 rings (SSSR count). The van der Waals surface area contributed by atoms with E-state index in [0.29, 0.717) is 24.1 Å². The molecule has 0 bridgehead atoms. The number of carbonyl (C=O) groups excluding carboxylic acids is 3. The second-order valence-corrected chi connectivity index (χ2v) is 21.2. The molecule has 12 heteroatoms. The fraction of sp³-hybridized carbons (Fsp3) is 0.568. The maximum Gasteiger partial charge on any atom is 0.437 e. The van der Waals surface area contributed by atoms with Gasteiger partial charge in [-0.2, -0.15) is 0 Å². The average Bonchev–Trinajstić information content (AvgIpc) is 2.97. The molecule has 2 aliphatic rings. The highest BCUT2D eigenvalue weighted by Crippen LogP contribution is 2.42. The van der Waals surface area contributed by atoms with Gasteiger partial charge >= 0.3 is 12.2 Å². The summed E-state index contributed by atoms with van der Waals surface area (Å²) in [5.74, 6) is 0.113. The fourth-order valence-corrected chi connectivity index (χ4v) is 7.92. The van der Waals surface area contributed by atoms with Gasteiger partial charge in [0.2, 0.25) is 11.9 Å². The Bertz CT molecular complexity index is 1550. The second kappa shape index (κ2) is 14.8. The molecule has 0 spiro atoms. The van der Waals surface area contributed by atoms with Gasteiger partial charge in [-0.3, -0.25) is 15.0 Å². The number of halogens is 1. The predicted molar refractivity (Wildman–Crippen MR) is 196 cm³/mol. The fourth-order valence-electron chi connectivity index (χ4n) is 6.08. The van der Waals surface area contributed by atoms with Crippen LogP contribution in [-0.2, 0) is 30.8 Å². The molecule has 3 amide bonds. The van der Waals surface area contributed by atoms with Gasteiger partial charge in [-0.05, 0) is 88.2 Å².